The van der Waals surface area contributed by atoms with Crippen molar-refractivity contribution in [2.45, 2.75) is 6.61 Å². The first kappa shape index (κ1) is 20.7. The zero-order valence-corrected chi connectivity index (χ0v) is 16.0. The van der Waals surface area contributed by atoms with Crippen molar-refractivity contribution in [3.8, 4) is 17.1 Å². The minimum absolute atomic E-state index is 0.533. The van der Waals surface area contributed by atoms with Crippen LogP contribution in [0.4, 0.5) is 0 Å². The molecule has 0 aliphatic rings. The highest BCUT2D eigenvalue weighted by Gasteiger charge is 2.18. The van der Waals surface area contributed by atoms with Gasteiger partial charge in [0.15, 0.2) is 0 Å². The maximum atomic E-state index is 8.49. The van der Waals surface area contributed by atoms with Crippen LogP contribution in [0.15, 0.2) is 95.4 Å². The zero-order valence-electron chi connectivity index (χ0n) is 15.2. The van der Waals surface area contributed by atoms with E-state index >= 15 is 0 Å². The fourth-order valence-electron chi connectivity index (χ4n) is 2.71. The maximum Gasteiger partial charge on any atom is 0.364 e. The maximum absolute atomic E-state index is 8.49. The molecule has 0 N–H and O–H groups in total. The monoisotopic (exact) mass is 412 g/mol. The Hall–Kier alpha value is -3.00. The van der Waals surface area contributed by atoms with Gasteiger partial charge in [-0.25, -0.2) is 23.1 Å². The number of benzene rings is 3. The summed E-state index contributed by atoms with van der Waals surface area (Å²) in [4.78, 5) is 0. The van der Waals surface area contributed by atoms with Crippen LogP contribution in [0.25, 0.3) is 22.3 Å². The Bertz CT molecular complexity index is 1060. The minimum atomic E-state index is -4.94. The number of hydrogen-bond acceptors (Lipinski definition) is 5. The van der Waals surface area contributed by atoms with Crippen LogP contribution in [-0.4, -0.2) is 0 Å². The fourth-order valence-corrected chi connectivity index (χ4v) is 2.71. The number of ether oxygens (including phenoxy) is 1. The van der Waals surface area contributed by atoms with Gasteiger partial charge in [0.05, 0.1) is 5.39 Å². The summed E-state index contributed by atoms with van der Waals surface area (Å²) in [5.74, 6) is 1.62. The van der Waals surface area contributed by atoms with Gasteiger partial charge in [-0.2, -0.15) is 0 Å². The third-order valence-electron chi connectivity index (χ3n) is 3.94. The summed E-state index contributed by atoms with van der Waals surface area (Å²) in [5.41, 5.74) is 2.97. The van der Waals surface area contributed by atoms with E-state index in [2.05, 4.69) is 18.2 Å². The number of fused-ring (bicyclic) bond motifs is 1. The summed E-state index contributed by atoms with van der Waals surface area (Å²) in [5, 5.41) is 1.09. The Labute approximate surface area is 169 Å². The highest BCUT2D eigenvalue weighted by molar-refractivity contribution is 5.79. The third kappa shape index (κ3) is 6.53. The van der Waals surface area contributed by atoms with Gasteiger partial charge in [-0.3, -0.25) is 0 Å². The molecule has 6 nitrogen and oxygen atoms in total. The number of para-hydroxylation sites is 2. The molecule has 3 aromatic carbocycles. The summed E-state index contributed by atoms with van der Waals surface area (Å²) < 4.78 is 46.1. The van der Waals surface area contributed by atoms with Crippen molar-refractivity contribution in [2.24, 2.45) is 0 Å². The first-order chi connectivity index (χ1) is 13.9. The van der Waals surface area contributed by atoms with Crippen LogP contribution in [0.2, 0.25) is 0 Å². The Balaban J connectivity index is 0.000000431. The minimum Gasteiger partial charge on any atom is -0.488 e. The molecular weight excluding hydrogens is 396 g/mol. The predicted octanol–water partition coefficient (Wildman–Crippen LogP) is 1.20. The second-order valence-corrected chi connectivity index (χ2v) is 6.74. The lowest BCUT2D eigenvalue weighted by Gasteiger charge is -2.17. The van der Waals surface area contributed by atoms with E-state index in [9.17, 15) is 0 Å². The molecule has 0 aliphatic heterocycles. The first-order valence-electron chi connectivity index (χ1n) is 8.60. The molecule has 0 spiro atoms. The molecule has 0 saturated carbocycles. The van der Waals surface area contributed by atoms with Crippen molar-refractivity contribution in [1.82, 2.24) is 0 Å². The van der Waals surface area contributed by atoms with Crippen molar-refractivity contribution >= 4 is 11.0 Å². The van der Waals surface area contributed by atoms with Crippen LogP contribution in [0.1, 0.15) is 5.56 Å². The summed E-state index contributed by atoms with van der Waals surface area (Å²) >= 11 is 0. The van der Waals surface area contributed by atoms with Crippen LogP contribution >= 0.6 is 0 Å². The van der Waals surface area contributed by atoms with E-state index < -0.39 is 10.2 Å². The molecule has 0 aliphatic carbocycles. The molecule has 1 heterocycles. The lowest BCUT2D eigenvalue weighted by Crippen LogP contribution is -2.68. The molecule has 4 aromatic rings. The summed E-state index contributed by atoms with van der Waals surface area (Å²) in [6.07, 6.45) is 0. The molecule has 7 heteroatoms. The molecule has 29 heavy (non-hydrogen) atoms. The standard InChI is InChI=1S/C22H17O2.ClHO4/c1-2-8-17(9-3-1)16-23-21-13-7-5-11-19(21)22-15-14-18-10-4-6-12-20(18)24-22;2-1(3,4)5/h1-15H,16H2;(H,2,3,4,5)/q+1;/p-1. The van der Waals surface area contributed by atoms with E-state index in [1.54, 1.807) is 0 Å². The molecular formula is C22H17ClO6. The second-order valence-electron chi connectivity index (χ2n) is 5.99. The average Bonchev–Trinajstić information content (AvgIpc) is 2.72. The van der Waals surface area contributed by atoms with Gasteiger partial charge in [0.2, 0.25) is 0 Å². The largest absolute Gasteiger partial charge is 0.488 e. The number of rotatable bonds is 4. The molecule has 0 amide bonds. The van der Waals surface area contributed by atoms with Crippen molar-refractivity contribution in [2.75, 3.05) is 0 Å². The van der Waals surface area contributed by atoms with Crippen molar-refractivity contribution in [3.63, 3.8) is 0 Å². The Morgan fingerprint density at radius 3 is 2.07 bits per heavy atom. The smallest absolute Gasteiger partial charge is 0.364 e. The molecule has 4 rings (SSSR count). The summed E-state index contributed by atoms with van der Waals surface area (Å²) in [6.45, 7) is 0.533. The van der Waals surface area contributed by atoms with E-state index in [0.717, 1.165) is 33.6 Å². The van der Waals surface area contributed by atoms with Gasteiger partial charge in [-0.15, -0.1) is 10.2 Å². The molecule has 0 radical (unpaired) electrons. The predicted molar refractivity (Wildman–Crippen MR) is 96.8 cm³/mol. The highest BCUT2D eigenvalue weighted by atomic mass is 35.7. The molecule has 0 atom stereocenters. The Morgan fingerprint density at radius 1 is 0.690 bits per heavy atom. The fraction of sp³-hybridized carbons (Fsp3) is 0.0455. The summed E-state index contributed by atoms with van der Waals surface area (Å²) in [7, 11) is -4.94. The third-order valence-corrected chi connectivity index (χ3v) is 3.94. The zero-order chi connectivity index (χ0) is 20.7. The van der Waals surface area contributed by atoms with Crippen LogP contribution in [0, 0.1) is 10.2 Å². The van der Waals surface area contributed by atoms with Crippen molar-refractivity contribution in [1.29, 1.82) is 0 Å². The van der Waals surface area contributed by atoms with Gasteiger partial charge < -0.3 is 4.74 Å². The molecule has 148 valence electrons. The van der Waals surface area contributed by atoms with Gasteiger partial charge in [0.1, 0.15) is 17.9 Å². The number of halogens is 1. The Kier molecular flexibility index (Phi) is 6.77. The van der Waals surface area contributed by atoms with Crippen LogP contribution in [0.3, 0.4) is 0 Å². The van der Waals surface area contributed by atoms with Gasteiger partial charge >= 0.3 is 11.3 Å². The van der Waals surface area contributed by atoms with Gasteiger partial charge in [-0.1, -0.05) is 54.6 Å². The molecule has 1 aromatic heterocycles. The van der Waals surface area contributed by atoms with Crippen LogP contribution in [0.5, 0.6) is 5.75 Å². The lowest BCUT2D eigenvalue weighted by atomic mass is 10.1. The van der Waals surface area contributed by atoms with Crippen LogP contribution < -0.4 is 23.4 Å². The second kappa shape index (κ2) is 9.47. The van der Waals surface area contributed by atoms with Crippen molar-refractivity contribution < 1.29 is 38.0 Å². The van der Waals surface area contributed by atoms with E-state index in [0.29, 0.717) is 6.61 Å². The van der Waals surface area contributed by atoms with E-state index in [1.807, 2.05) is 72.8 Å². The SMILES string of the molecule is [O-][Cl+3]([O-])([O-])[O-].c1ccc(COc2ccccc2-c2ccc3ccccc3[o+]2)cc1. The highest BCUT2D eigenvalue weighted by Crippen LogP contribution is 2.32. The quantitative estimate of drug-likeness (QED) is 0.465. The number of hydrogen-bond donors (Lipinski definition) is 0. The topological polar surface area (TPSA) is 113 Å². The normalized spacial score (nSPS) is 10.9. The van der Waals surface area contributed by atoms with Crippen LogP contribution in [-0.2, 0) is 6.61 Å². The van der Waals surface area contributed by atoms with Crippen molar-refractivity contribution in [3.05, 3.63) is 96.6 Å². The van der Waals surface area contributed by atoms with Gasteiger partial charge in [-0.05, 0) is 29.8 Å². The van der Waals surface area contributed by atoms with E-state index in [4.69, 9.17) is 27.8 Å². The molecule has 0 fully saturated rings. The lowest BCUT2D eigenvalue weighted by molar-refractivity contribution is -2.00. The molecule has 0 unspecified atom stereocenters. The average molecular weight is 413 g/mol. The summed E-state index contributed by atoms with van der Waals surface area (Å²) in [6, 6.07) is 30.2. The van der Waals surface area contributed by atoms with Gasteiger partial charge in [0, 0.05) is 12.1 Å². The first-order valence-corrected chi connectivity index (χ1v) is 9.83. The molecule has 0 saturated heterocycles. The van der Waals surface area contributed by atoms with E-state index in [1.165, 1.54) is 0 Å². The van der Waals surface area contributed by atoms with E-state index in [-0.39, 0.29) is 0 Å². The molecule has 0 bridgehead atoms. The van der Waals surface area contributed by atoms with Gasteiger partial charge in [0.25, 0.3) is 0 Å². The Morgan fingerprint density at radius 2 is 1.31 bits per heavy atom.